The second-order valence-electron chi connectivity index (χ2n) is 5.98. The molecule has 114 valence electrons. The zero-order valence-corrected chi connectivity index (χ0v) is 12.6. The topological polar surface area (TPSA) is 68.0 Å². The number of benzene rings is 2. The Morgan fingerprint density at radius 2 is 1.96 bits per heavy atom. The van der Waals surface area contributed by atoms with Crippen LogP contribution in [-0.4, -0.2) is 10.9 Å². The van der Waals surface area contributed by atoms with E-state index in [9.17, 15) is 4.79 Å². The number of nitrogen functional groups attached to an aromatic ring is 1. The van der Waals surface area contributed by atoms with Gasteiger partial charge in [0.25, 0.3) is 5.91 Å². The third-order valence-electron chi connectivity index (χ3n) is 4.29. The molecule has 4 rings (SSSR count). The lowest BCUT2D eigenvalue weighted by atomic mass is 10.0. The molecular weight excluding hydrogens is 286 g/mol. The Hall–Kier alpha value is -2.88. The second-order valence-corrected chi connectivity index (χ2v) is 5.98. The van der Waals surface area contributed by atoms with Gasteiger partial charge in [-0.25, -0.2) is 0 Å². The molecule has 3 N–H and O–H groups in total. The van der Waals surface area contributed by atoms with Gasteiger partial charge in [-0.1, -0.05) is 30.3 Å². The van der Waals surface area contributed by atoms with Crippen molar-refractivity contribution in [1.82, 2.24) is 4.98 Å². The number of anilines is 2. The van der Waals surface area contributed by atoms with Gasteiger partial charge in [0.15, 0.2) is 0 Å². The van der Waals surface area contributed by atoms with Crippen molar-refractivity contribution < 1.29 is 4.79 Å². The molecule has 0 saturated heterocycles. The summed E-state index contributed by atoms with van der Waals surface area (Å²) < 4.78 is 0. The molecule has 1 aromatic heterocycles. The van der Waals surface area contributed by atoms with E-state index in [1.807, 2.05) is 42.5 Å². The minimum absolute atomic E-state index is 0.192. The number of nitrogens with two attached hydrogens (primary N) is 1. The van der Waals surface area contributed by atoms with Crippen LogP contribution in [0.5, 0.6) is 0 Å². The fourth-order valence-electron chi connectivity index (χ4n) is 2.85. The molecule has 0 spiro atoms. The zero-order valence-electron chi connectivity index (χ0n) is 12.6. The number of hydrogen-bond acceptors (Lipinski definition) is 3. The highest BCUT2D eigenvalue weighted by molar-refractivity contribution is 6.11. The van der Waals surface area contributed by atoms with E-state index in [1.165, 1.54) is 18.4 Å². The van der Waals surface area contributed by atoms with Crippen LogP contribution < -0.4 is 11.1 Å². The van der Waals surface area contributed by atoms with Gasteiger partial charge in [0.2, 0.25) is 0 Å². The molecule has 1 heterocycles. The summed E-state index contributed by atoms with van der Waals surface area (Å²) in [4.78, 5) is 16.8. The van der Waals surface area contributed by atoms with Gasteiger partial charge in [-0.05, 0) is 36.5 Å². The monoisotopic (exact) mass is 303 g/mol. The van der Waals surface area contributed by atoms with Gasteiger partial charge in [-0.15, -0.1) is 0 Å². The van der Waals surface area contributed by atoms with E-state index in [0.717, 1.165) is 10.8 Å². The number of aromatic nitrogens is 1. The third-order valence-corrected chi connectivity index (χ3v) is 4.29. The number of pyridine rings is 1. The van der Waals surface area contributed by atoms with Gasteiger partial charge >= 0.3 is 0 Å². The maximum Gasteiger partial charge on any atom is 0.257 e. The van der Waals surface area contributed by atoms with Gasteiger partial charge in [0.05, 0.1) is 17.4 Å². The number of carbonyl (C=O) groups is 1. The number of amides is 1. The summed E-state index contributed by atoms with van der Waals surface area (Å²) in [6.45, 7) is 0. The summed E-state index contributed by atoms with van der Waals surface area (Å²) in [6, 6.07) is 13.6. The molecule has 4 heteroatoms. The van der Waals surface area contributed by atoms with Crippen LogP contribution in [0, 0.1) is 0 Å². The summed E-state index contributed by atoms with van der Waals surface area (Å²) in [5.74, 6) is 0.393. The van der Waals surface area contributed by atoms with Crippen LogP contribution in [0.2, 0.25) is 0 Å². The first-order valence-corrected chi connectivity index (χ1v) is 7.76. The molecule has 1 amide bonds. The normalized spacial score (nSPS) is 13.9. The zero-order chi connectivity index (χ0) is 15.8. The lowest BCUT2D eigenvalue weighted by Gasteiger charge is -2.11. The van der Waals surface area contributed by atoms with E-state index >= 15 is 0 Å². The first kappa shape index (κ1) is 13.8. The molecule has 0 radical (unpaired) electrons. The molecule has 0 atom stereocenters. The van der Waals surface area contributed by atoms with Gasteiger partial charge < -0.3 is 11.1 Å². The first-order chi connectivity index (χ1) is 11.2. The molecular formula is C19H17N3O. The minimum Gasteiger partial charge on any atom is -0.398 e. The van der Waals surface area contributed by atoms with Crippen LogP contribution in [-0.2, 0) is 0 Å². The van der Waals surface area contributed by atoms with E-state index < -0.39 is 0 Å². The van der Waals surface area contributed by atoms with Gasteiger partial charge in [0.1, 0.15) is 0 Å². The Morgan fingerprint density at radius 1 is 1.13 bits per heavy atom. The van der Waals surface area contributed by atoms with Crippen LogP contribution in [0.1, 0.15) is 34.7 Å². The summed E-state index contributed by atoms with van der Waals surface area (Å²) in [5, 5.41) is 4.90. The maximum atomic E-state index is 12.7. The number of fused-ring (bicyclic) bond motifs is 1. The van der Waals surface area contributed by atoms with E-state index in [1.54, 1.807) is 12.4 Å². The summed E-state index contributed by atoms with van der Waals surface area (Å²) in [7, 11) is 0. The van der Waals surface area contributed by atoms with Gasteiger partial charge in [-0.3, -0.25) is 9.78 Å². The van der Waals surface area contributed by atoms with E-state index in [4.69, 9.17) is 5.73 Å². The quantitative estimate of drug-likeness (QED) is 0.720. The molecule has 1 aliphatic rings. The fourth-order valence-corrected chi connectivity index (χ4v) is 2.85. The summed E-state index contributed by atoms with van der Waals surface area (Å²) in [5.41, 5.74) is 8.92. The van der Waals surface area contributed by atoms with Crippen LogP contribution in [0.25, 0.3) is 10.8 Å². The van der Waals surface area contributed by atoms with Crippen molar-refractivity contribution in [3.05, 3.63) is 66.0 Å². The maximum absolute atomic E-state index is 12.7. The molecule has 3 aromatic rings. The first-order valence-electron chi connectivity index (χ1n) is 7.76. The van der Waals surface area contributed by atoms with Crippen molar-refractivity contribution in [1.29, 1.82) is 0 Å². The van der Waals surface area contributed by atoms with E-state index in [-0.39, 0.29) is 5.91 Å². The molecule has 0 unspecified atom stereocenters. The SMILES string of the molecule is Nc1ccc(C2CC2)cc1C(=O)Nc1cncc2ccccc12. The molecule has 1 aliphatic carbocycles. The van der Waals surface area contributed by atoms with E-state index in [2.05, 4.69) is 10.3 Å². The molecule has 23 heavy (non-hydrogen) atoms. The van der Waals surface area contributed by atoms with Crippen molar-refractivity contribution in [3.8, 4) is 0 Å². The molecule has 1 fully saturated rings. The number of carbonyl (C=O) groups excluding carboxylic acids is 1. The Bertz CT molecular complexity index is 895. The highest BCUT2D eigenvalue weighted by Crippen LogP contribution is 2.40. The highest BCUT2D eigenvalue weighted by Gasteiger charge is 2.25. The molecule has 4 nitrogen and oxygen atoms in total. The smallest absolute Gasteiger partial charge is 0.257 e. The minimum atomic E-state index is -0.192. The van der Waals surface area contributed by atoms with Gasteiger partial charge in [-0.2, -0.15) is 0 Å². The Labute approximate surface area is 134 Å². The molecule has 2 aromatic carbocycles. The lowest BCUT2D eigenvalue weighted by Crippen LogP contribution is -2.14. The fraction of sp³-hybridized carbons (Fsp3) is 0.158. The standard InChI is InChI=1S/C19H17N3O/c20-17-8-7-13(12-5-6-12)9-16(17)19(23)22-18-11-21-10-14-3-1-2-4-15(14)18/h1-4,7-12H,5-6,20H2,(H,22,23). The predicted octanol–water partition coefficient (Wildman–Crippen LogP) is 3.95. The number of rotatable bonds is 3. The van der Waals surface area contributed by atoms with Crippen molar-refractivity contribution >= 4 is 28.1 Å². The van der Waals surface area contributed by atoms with E-state index in [0.29, 0.717) is 22.9 Å². The number of hydrogen-bond donors (Lipinski definition) is 2. The van der Waals surface area contributed by atoms with Crippen LogP contribution in [0.15, 0.2) is 54.9 Å². The Morgan fingerprint density at radius 3 is 2.78 bits per heavy atom. The van der Waals surface area contributed by atoms with Crippen LogP contribution in [0.4, 0.5) is 11.4 Å². The van der Waals surface area contributed by atoms with Gasteiger partial charge in [0, 0.05) is 22.7 Å². The highest BCUT2D eigenvalue weighted by atomic mass is 16.1. The van der Waals surface area contributed by atoms with Crippen LogP contribution in [0.3, 0.4) is 0 Å². The molecule has 1 saturated carbocycles. The summed E-state index contributed by atoms with van der Waals surface area (Å²) >= 11 is 0. The predicted molar refractivity (Wildman–Crippen MR) is 92.5 cm³/mol. The van der Waals surface area contributed by atoms with Crippen LogP contribution >= 0.6 is 0 Å². The van der Waals surface area contributed by atoms with Crippen molar-refractivity contribution in [3.63, 3.8) is 0 Å². The Balaban J connectivity index is 1.68. The lowest BCUT2D eigenvalue weighted by molar-refractivity contribution is 0.102. The van der Waals surface area contributed by atoms with Crippen molar-refractivity contribution in [2.75, 3.05) is 11.1 Å². The Kier molecular flexibility index (Phi) is 3.23. The average Bonchev–Trinajstić information content (AvgIpc) is 3.40. The third kappa shape index (κ3) is 2.63. The second kappa shape index (κ2) is 5.39. The van der Waals surface area contributed by atoms with Crippen molar-refractivity contribution in [2.45, 2.75) is 18.8 Å². The van der Waals surface area contributed by atoms with Crippen molar-refractivity contribution in [2.24, 2.45) is 0 Å². The average molecular weight is 303 g/mol. The number of nitrogens with zero attached hydrogens (tertiary/aromatic N) is 1. The largest absolute Gasteiger partial charge is 0.398 e. The molecule has 0 aliphatic heterocycles. The molecule has 0 bridgehead atoms. The number of nitrogens with one attached hydrogen (secondary N) is 1. The summed E-state index contributed by atoms with van der Waals surface area (Å²) in [6.07, 6.45) is 5.84.